The van der Waals surface area contributed by atoms with E-state index in [0.717, 1.165) is 25.7 Å². The van der Waals surface area contributed by atoms with Gasteiger partial charge in [0.15, 0.2) is 0 Å². The van der Waals surface area contributed by atoms with E-state index < -0.39 is 12.3 Å². The van der Waals surface area contributed by atoms with Gasteiger partial charge in [-0.15, -0.1) is 0 Å². The molecule has 90 valence electrons. The van der Waals surface area contributed by atoms with E-state index in [2.05, 4.69) is 4.74 Å². The molecule has 0 fully saturated rings. The lowest BCUT2D eigenvalue weighted by atomic mass is 10.2. The van der Waals surface area contributed by atoms with Gasteiger partial charge >= 0.3 is 12.3 Å². The zero-order chi connectivity index (χ0) is 12.1. The Hall–Kier alpha value is -1.34. The van der Waals surface area contributed by atoms with Crippen molar-refractivity contribution in [2.24, 2.45) is 0 Å². The van der Waals surface area contributed by atoms with Crippen molar-refractivity contribution in [2.75, 3.05) is 13.2 Å². The van der Waals surface area contributed by atoms with Crippen molar-refractivity contribution in [3.8, 4) is 0 Å². The number of carbonyl (C=O) groups is 2. The summed E-state index contributed by atoms with van der Waals surface area (Å²) in [6, 6.07) is 0. The Balaban J connectivity index is 0. The Morgan fingerprint density at radius 1 is 0.800 bits per heavy atom. The van der Waals surface area contributed by atoms with Crippen LogP contribution in [0.5, 0.6) is 0 Å². The average Bonchev–Trinajstić information content (AvgIpc) is 2.11. The summed E-state index contributed by atoms with van der Waals surface area (Å²) in [4.78, 5) is 18.4. The molecular weight excluding hydrogens is 208 g/mol. The molecule has 0 atom stereocenters. The van der Waals surface area contributed by atoms with Crippen LogP contribution in [0.25, 0.3) is 0 Å². The number of rotatable bonds is 5. The first kappa shape index (κ1) is 16.1. The first-order valence-electron chi connectivity index (χ1n) is 4.40. The molecule has 0 saturated heterocycles. The minimum Gasteiger partial charge on any atom is -0.449 e. The third-order valence-corrected chi connectivity index (χ3v) is 1.24. The minimum atomic E-state index is -1.81. The van der Waals surface area contributed by atoms with Crippen molar-refractivity contribution in [2.45, 2.75) is 25.7 Å². The molecule has 15 heavy (non-hydrogen) atoms. The van der Waals surface area contributed by atoms with E-state index in [-0.39, 0.29) is 13.2 Å². The van der Waals surface area contributed by atoms with E-state index in [9.17, 15) is 9.59 Å². The smallest absolute Gasteiger partial charge is 0.449 e. The van der Waals surface area contributed by atoms with Gasteiger partial charge in [-0.25, -0.2) is 9.59 Å². The van der Waals surface area contributed by atoms with Gasteiger partial charge in [-0.1, -0.05) is 12.8 Å². The highest BCUT2D eigenvalue weighted by atomic mass is 16.7. The maximum absolute atomic E-state index is 9.21. The molecule has 0 saturated carbocycles. The predicted octanol–water partition coefficient (Wildman–Crippen LogP) is 0.890. The van der Waals surface area contributed by atoms with Crippen LogP contribution >= 0.6 is 0 Å². The van der Waals surface area contributed by atoms with E-state index in [1.807, 2.05) is 0 Å². The van der Waals surface area contributed by atoms with Crippen molar-refractivity contribution >= 4 is 12.3 Å². The van der Waals surface area contributed by atoms with Gasteiger partial charge in [-0.3, -0.25) is 0 Å². The molecule has 0 rings (SSSR count). The highest BCUT2D eigenvalue weighted by Gasteiger charge is 2.01. The zero-order valence-corrected chi connectivity index (χ0v) is 8.26. The van der Waals surface area contributed by atoms with Gasteiger partial charge in [0, 0.05) is 13.2 Å². The van der Waals surface area contributed by atoms with Gasteiger partial charge in [-0.2, -0.15) is 0 Å². The highest BCUT2D eigenvalue weighted by Crippen LogP contribution is 1.96. The Morgan fingerprint density at radius 2 is 1.13 bits per heavy atom. The van der Waals surface area contributed by atoms with Crippen molar-refractivity contribution in [1.82, 2.24) is 0 Å². The number of ether oxygens (including phenoxy) is 1. The molecule has 0 radical (unpaired) electrons. The second kappa shape index (κ2) is 12.7. The van der Waals surface area contributed by atoms with Crippen LogP contribution in [0.3, 0.4) is 0 Å². The van der Waals surface area contributed by atoms with Gasteiger partial charge in [0.25, 0.3) is 0 Å². The summed E-state index contributed by atoms with van der Waals surface area (Å²) in [5, 5.41) is 31.6. The van der Waals surface area contributed by atoms with Crippen molar-refractivity contribution in [3.63, 3.8) is 0 Å². The molecule has 7 heteroatoms. The predicted molar refractivity (Wildman–Crippen MR) is 49.8 cm³/mol. The van der Waals surface area contributed by atoms with Gasteiger partial charge in [0.1, 0.15) is 0 Å². The summed E-state index contributed by atoms with van der Waals surface area (Å²) in [7, 11) is 0. The molecule has 7 nitrogen and oxygen atoms in total. The lowest BCUT2D eigenvalue weighted by Crippen LogP contribution is -2.05. The average molecular weight is 224 g/mol. The summed E-state index contributed by atoms with van der Waals surface area (Å²) in [6.07, 6.45) is 0.203. The normalized spacial score (nSPS) is 8.67. The fraction of sp³-hybridized carbons (Fsp3) is 0.750. The molecule has 0 aromatic heterocycles. The van der Waals surface area contributed by atoms with E-state index in [0.29, 0.717) is 0 Å². The molecule has 0 heterocycles. The Labute approximate surface area is 86.9 Å². The molecule has 0 aliphatic rings. The van der Waals surface area contributed by atoms with Gasteiger partial charge in [-0.05, 0) is 12.8 Å². The number of hydrogen-bond donors (Lipinski definition) is 4. The molecule has 0 aliphatic heterocycles. The van der Waals surface area contributed by atoms with E-state index in [1.165, 1.54) is 0 Å². The van der Waals surface area contributed by atoms with Crippen LogP contribution in [0.4, 0.5) is 9.59 Å². The summed E-state index contributed by atoms with van der Waals surface area (Å²) < 4.78 is 3.08. The standard InChI is InChI=1S/C6H14O2.C2H2O5/c7-5-3-1-2-4-6-8;3-1(4)7-2(5)6/h7-8H,1-6H2;(H,3,4)(H,5,6). The van der Waals surface area contributed by atoms with Crippen LogP contribution in [0.2, 0.25) is 0 Å². The van der Waals surface area contributed by atoms with Crippen LogP contribution in [-0.2, 0) is 4.74 Å². The van der Waals surface area contributed by atoms with Crippen molar-refractivity contribution in [3.05, 3.63) is 0 Å². The van der Waals surface area contributed by atoms with Gasteiger partial charge in [0.2, 0.25) is 0 Å². The quantitative estimate of drug-likeness (QED) is 0.310. The monoisotopic (exact) mass is 224 g/mol. The molecule has 0 amide bonds. The van der Waals surface area contributed by atoms with Crippen LogP contribution in [0, 0.1) is 0 Å². The van der Waals surface area contributed by atoms with Crippen molar-refractivity contribution in [1.29, 1.82) is 0 Å². The highest BCUT2D eigenvalue weighted by molar-refractivity contribution is 5.74. The van der Waals surface area contributed by atoms with Crippen LogP contribution in [0.1, 0.15) is 25.7 Å². The molecule has 4 N–H and O–H groups in total. The maximum Gasteiger partial charge on any atom is 0.516 e. The molecule has 0 unspecified atom stereocenters. The SMILES string of the molecule is O=C(O)OC(=O)O.OCCCCCCO. The van der Waals surface area contributed by atoms with Crippen molar-refractivity contribution < 1.29 is 34.8 Å². The van der Waals surface area contributed by atoms with Gasteiger partial charge < -0.3 is 25.2 Å². The lowest BCUT2D eigenvalue weighted by Gasteiger charge is -1.93. The number of hydrogen-bond acceptors (Lipinski definition) is 5. The molecule has 0 aliphatic carbocycles. The largest absolute Gasteiger partial charge is 0.516 e. The first-order valence-corrected chi connectivity index (χ1v) is 4.40. The first-order chi connectivity index (χ1) is 7.04. The zero-order valence-electron chi connectivity index (χ0n) is 8.26. The fourth-order valence-electron chi connectivity index (χ4n) is 0.652. The summed E-state index contributed by atoms with van der Waals surface area (Å²) in [5.41, 5.74) is 0. The summed E-state index contributed by atoms with van der Waals surface area (Å²) in [5.74, 6) is 0. The summed E-state index contributed by atoms with van der Waals surface area (Å²) in [6.45, 7) is 0.566. The van der Waals surface area contributed by atoms with E-state index in [1.54, 1.807) is 0 Å². The number of carboxylic acid groups (broad SMARTS) is 2. The Bertz CT molecular complexity index is 150. The number of unbranched alkanes of at least 4 members (excludes halogenated alkanes) is 3. The molecule has 0 spiro atoms. The third kappa shape index (κ3) is 24.5. The van der Waals surface area contributed by atoms with Crippen LogP contribution < -0.4 is 0 Å². The molecule has 0 bridgehead atoms. The second-order valence-electron chi connectivity index (χ2n) is 2.50. The van der Waals surface area contributed by atoms with Crippen LogP contribution in [-0.4, -0.2) is 46.0 Å². The van der Waals surface area contributed by atoms with E-state index >= 15 is 0 Å². The molecular formula is C8H16O7. The number of aliphatic hydroxyl groups is 2. The summed E-state index contributed by atoms with van der Waals surface area (Å²) >= 11 is 0. The molecule has 0 aromatic carbocycles. The number of aliphatic hydroxyl groups excluding tert-OH is 2. The Morgan fingerprint density at radius 3 is 1.27 bits per heavy atom. The van der Waals surface area contributed by atoms with Gasteiger partial charge in [0.05, 0.1) is 0 Å². The van der Waals surface area contributed by atoms with Crippen LogP contribution in [0.15, 0.2) is 0 Å². The topological polar surface area (TPSA) is 124 Å². The third-order valence-electron chi connectivity index (χ3n) is 1.24. The second-order valence-corrected chi connectivity index (χ2v) is 2.50. The maximum atomic E-state index is 9.21. The minimum absolute atomic E-state index is 0.283. The Kier molecular flexibility index (Phi) is 13.6. The lowest BCUT2D eigenvalue weighted by molar-refractivity contribution is 0.0802. The van der Waals surface area contributed by atoms with E-state index in [4.69, 9.17) is 20.4 Å². The fourth-order valence-corrected chi connectivity index (χ4v) is 0.652. The molecule has 0 aromatic rings.